The Morgan fingerprint density at radius 1 is 1.32 bits per heavy atom. The molecule has 0 saturated carbocycles. The Kier molecular flexibility index (Phi) is 8.66. The van der Waals surface area contributed by atoms with E-state index in [0.29, 0.717) is 10.5 Å². The van der Waals surface area contributed by atoms with Gasteiger partial charge >= 0.3 is 0 Å². The van der Waals surface area contributed by atoms with Crippen molar-refractivity contribution in [3.8, 4) is 0 Å². The predicted octanol–water partition coefficient (Wildman–Crippen LogP) is 4.39. The molecular formula is C14H20BrNOS2. The van der Waals surface area contributed by atoms with Crippen LogP contribution in [0.15, 0.2) is 27.6 Å². The average Bonchev–Trinajstić information content (AvgIpc) is 2.37. The van der Waals surface area contributed by atoms with Crippen molar-refractivity contribution >= 4 is 46.2 Å². The quantitative estimate of drug-likeness (QED) is 0.530. The van der Waals surface area contributed by atoms with Crippen molar-refractivity contribution < 1.29 is 4.79 Å². The highest BCUT2D eigenvalue weighted by atomic mass is 79.9. The highest BCUT2D eigenvalue weighted by molar-refractivity contribution is 9.10. The van der Waals surface area contributed by atoms with Crippen molar-refractivity contribution in [1.82, 2.24) is 5.32 Å². The summed E-state index contributed by atoms with van der Waals surface area (Å²) in [4.78, 5) is 12.6. The van der Waals surface area contributed by atoms with E-state index in [4.69, 9.17) is 0 Å². The van der Waals surface area contributed by atoms with E-state index in [1.807, 2.05) is 23.9 Å². The van der Waals surface area contributed by atoms with Crippen LogP contribution in [0.5, 0.6) is 0 Å². The number of hydrogen-bond acceptors (Lipinski definition) is 3. The van der Waals surface area contributed by atoms with Gasteiger partial charge in [-0.1, -0.05) is 28.8 Å². The number of thioether (sulfide) groups is 1. The third-order valence-corrected chi connectivity index (χ3v) is 4.33. The first kappa shape index (κ1) is 16.9. The maximum Gasteiger partial charge on any atom is 0.252 e. The predicted molar refractivity (Wildman–Crippen MR) is 90.6 cm³/mol. The van der Waals surface area contributed by atoms with Crippen LogP contribution in [-0.4, -0.2) is 24.5 Å². The monoisotopic (exact) mass is 361 g/mol. The number of thiol groups is 1. The Bertz CT molecular complexity index is 412. The van der Waals surface area contributed by atoms with Gasteiger partial charge in [0.05, 0.1) is 5.56 Å². The van der Waals surface area contributed by atoms with E-state index < -0.39 is 0 Å². The Hall–Kier alpha value is -0.130. The third-order valence-electron chi connectivity index (χ3n) is 2.77. The molecule has 0 aliphatic rings. The van der Waals surface area contributed by atoms with Crippen molar-refractivity contribution in [3.05, 3.63) is 28.2 Å². The molecule has 0 radical (unpaired) electrons. The third kappa shape index (κ3) is 6.72. The molecule has 1 rings (SSSR count). The van der Waals surface area contributed by atoms with E-state index >= 15 is 0 Å². The van der Waals surface area contributed by atoms with Crippen LogP contribution < -0.4 is 5.32 Å². The van der Waals surface area contributed by atoms with E-state index in [0.717, 1.165) is 17.4 Å². The van der Waals surface area contributed by atoms with Crippen LogP contribution >= 0.6 is 40.3 Å². The van der Waals surface area contributed by atoms with Gasteiger partial charge in [-0.05, 0) is 43.0 Å². The Morgan fingerprint density at radius 2 is 2.05 bits per heavy atom. The van der Waals surface area contributed by atoms with E-state index in [1.54, 1.807) is 6.07 Å². The van der Waals surface area contributed by atoms with Crippen molar-refractivity contribution in [2.75, 3.05) is 18.6 Å². The molecule has 1 aromatic carbocycles. The molecule has 1 aromatic rings. The molecule has 0 fully saturated rings. The Labute approximate surface area is 133 Å². The van der Waals surface area contributed by atoms with Crippen LogP contribution in [0.3, 0.4) is 0 Å². The van der Waals surface area contributed by atoms with Crippen LogP contribution in [0.25, 0.3) is 0 Å². The molecule has 0 spiro atoms. The second-order valence-electron chi connectivity index (χ2n) is 4.32. The molecule has 0 aliphatic heterocycles. The van der Waals surface area contributed by atoms with Gasteiger partial charge in [0.1, 0.15) is 0 Å². The van der Waals surface area contributed by atoms with Crippen molar-refractivity contribution in [2.45, 2.75) is 30.6 Å². The highest BCUT2D eigenvalue weighted by Crippen LogP contribution is 2.19. The molecule has 0 bridgehead atoms. The lowest BCUT2D eigenvalue weighted by Gasteiger charge is -2.07. The van der Waals surface area contributed by atoms with Crippen LogP contribution in [0.4, 0.5) is 0 Å². The zero-order valence-corrected chi connectivity index (χ0v) is 14.4. The fraction of sp³-hybridized carbons (Fsp3) is 0.500. The number of benzene rings is 1. The maximum absolute atomic E-state index is 11.9. The number of rotatable bonds is 8. The Morgan fingerprint density at radius 3 is 2.74 bits per heavy atom. The summed E-state index contributed by atoms with van der Waals surface area (Å²) in [6.07, 6.45) is 6.86. The van der Waals surface area contributed by atoms with Gasteiger partial charge in [0, 0.05) is 15.9 Å². The first-order chi connectivity index (χ1) is 9.15. The van der Waals surface area contributed by atoms with Gasteiger partial charge in [0.2, 0.25) is 0 Å². The van der Waals surface area contributed by atoms with Gasteiger partial charge in [-0.3, -0.25) is 4.79 Å². The summed E-state index contributed by atoms with van der Waals surface area (Å²) < 4.78 is 0.933. The highest BCUT2D eigenvalue weighted by Gasteiger charge is 2.08. The van der Waals surface area contributed by atoms with Crippen molar-refractivity contribution in [2.24, 2.45) is 0 Å². The minimum Gasteiger partial charge on any atom is -0.352 e. The number of unbranched alkanes of at least 4 members (excludes halogenated alkanes) is 3. The summed E-state index contributed by atoms with van der Waals surface area (Å²) in [6.45, 7) is 0.737. The number of carbonyl (C=O) groups is 1. The van der Waals surface area contributed by atoms with Crippen molar-refractivity contribution in [3.63, 3.8) is 0 Å². The van der Waals surface area contributed by atoms with Crippen LogP contribution in [0.2, 0.25) is 0 Å². The van der Waals surface area contributed by atoms with Crippen LogP contribution in [-0.2, 0) is 0 Å². The summed E-state index contributed by atoms with van der Waals surface area (Å²) in [6, 6.07) is 5.48. The second-order valence-corrected chi connectivity index (χ2v) is 6.71. The SMILES string of the molecule is CSCCCCCCNC(=O)c1ccc(Br)cc1S. The number of nitrogens with one attached hydrogen (secondary N) is 1. The maximum atomic E-state index is 11.9. The van der Waals surface area contributed by atoms with E-state index in [-0.39, 0.29) is 5.91 Å². The molecule has 0 atom stereocenters. The molecule has 0 saturated heterocycles. The minimum atomic E-state index is -0.0402. The summed E-state index contributed by atoms with van der Waals surface area (Å²) in [5.41, 5.74) is 0.633. The summed E-state index contributed by atoms with van der Waals surface area (Å²) in [5, 5.41) is 2.94. The van der Waals surface area contributed by atoms with Crippen LogP contribution in [0, 0.1) is 0 Å². The largest absolute Gasteiger partial charge is 0.352 e. The van der Waals surface area contributed by atoms with Crippen molar-refractivity contribution in [1.29, 1.82) is 0 Å². The van der Waals surface area contributed by atoms with E-state index in [9.17, 15) is 4.79 Å². The molecule has 0 aromatic heterocycles. The fourth-order valence-electron chi connectivity index (χ4n) is 1.72. The van der Waals surface area contributed by atoms with Gasteiger partial charge in [-0.25, -0.2) is 0 Å². The standard InChI is InChI=1S/C14H20BrNOS2/c1-19-9-5-3-2-4-8-16-14(17)12-7-6-11(15)10-13(12)18/h6-7,10,18H,2-5,8-9H2,1H3,(H,16,17). The first-order valence-electron chi connectivity index (χ1n) is 6.41. The molecule has 19 heavy (non-hydrogen) atoms. The van der Waals surface area contributed by atoms with Gasteiger partial charge in [0.15, 0.2) is 0 Å². The number of hydrogen-bond donors (Lipinski definition) is 2. The summed E-state index contributed by atoms with van der Waals surface area (Å²) in [5.74, 6) is 1.19. The van der Waals surface area contributed by atoms with Gasteiger partial charge in [-0.2, -0.15) is 11.8 Å². The molecule has 5 heteroatoms. The number of halogens is 1. The lowest BCUT2D eigenvalue weighted by Crippen LogP contribution is -2.24. The minimum absolute atomic E-state index is 0.0402. The topological polar surface area (TPSA) is 29.1 Å². The molecule has 1 N–H and O–H groups in total. The lowest BCUT2D eigenvalue weighted by molar-refractivity contribution is 0.0950. The Balaban J connectivity index is 2.24. The smallest absolute Gasteiger partial charge is 0.252 e. The number of amides is 1. The fourth-order valence-corrected chi connectivity index (χ4v) is 3.06. The van der Waals surface area contributed by atoms with Gasteiger partial charge in [0.25, 0.3) is 5.91 Å². The average molecular weight is 362 g/mol. The van der Waals surface area contributed by atoms with Gasteiger partial charge in [-0.15, -0.1) is 12.6 Å². The first-order valence-corrected chi connectivity index (χ1v) is 9.04. The van der Waals surface area contributed by atoms with E-state index in [2.05, 4.69) is 40.1 Å². The molecule has 2 nitrogen and oxygen atoms in total. The summed E-state index contributed by atoms with van der Waals surface area (Å²) in [7, 11) is 0. The van der Waals surface area contributed by atoms with Crippen LogP contribution in [0.1, 0.15) is 36.0 Å². The summed E-state index contributed by atoms with van der Waals surface area (Å²) >= 11 is 9.56. The molecule has 0 aliphatic carbocycles. The van der Waals surface area contributed by atoms with E-state index in [1.165, 1.54) is 25.0 Å². The molecule has 0 unspecified atom stereocenters. The zero-order chi connectivity index (χ0) is 14.1. The molecule has 1 amide bonds. The molecule has 106 valence electrons. The second kappa shape index (κ2) is 9.72. The zero-order valence-electron chi connectivity index (χ0n) is 11.1. The lowest BCUT2D eigenvalue weighted by atomic mass is 10.2. The van der Waals surface area contributed by atoms with Gasteiger partial charge < -0.3 is 5.32 Å². The number of carbonyl (C=O) groups excluding carboxylic acids is 1. The molecule has 0 heterocycles. The normalized spacial score (nSPS) is 10.5. The molecular weight excluding hydrogens is 342 g/mol.